The van der Waals surface area contributed by atoms with Gasteiger partial charge in [-0.05, 0) is 48.5 Å². The number of aliphatic hydroxyl groups is 2. The number of hydrogen-bond donors (Lipinski definition) is 3. The van der Waals surface area contributed by atoms with Gasteiger partial charge in [0.2, 0.25) is 5.82 Å². The van der Waals surface area contributed by atoms with Gasteiger partial charge >= 0.3 is 13.5 Å². The van der Waals surface area contributed by atoms with Gasteiger partial charge in [-0.25, -0.2) is 18.1 Å². The number of nitrogens with zero attached hydrogens (tertiary/aromatic N) is 1. The van der Waals surface area contributed by atoms with Crippen molar-refractivity contribution in [2.75, 3.05) is 20.8 Å². The molecular weight excluding hydrogens is 580 g/mol. The van der Waals surface area contributed by atoms with Crippen molar-refractivity contribution in [1.29, 1.82) is 0 Å². The lowest BCUT2D eigenvalue weighted by Crippen LogP contribution is -2.52. The summed E-state index contributed by atoms with van der Waals surface area (Å²) in [6.45, 7) is -1.41. The van der Waals surface area contributed by atoms with E-state index in [9.17, 15) is 37.5 Å². The zero-order chi connectivity index (χ0) is 29.9. The molecule has 1 fully saturated rings. The van der Waals surface area contributed by atoms with Crippen molar-refractivity contribution in [1.82, 2.24) is 9.55 Å². The maximum Gasteiger partial charge on any atom is 0.587 e. The topological polar surface area (TPSA) is 168 Å². The van der Waals surface area contributed by atoms with Gasteiger partial charge < -0.3 is 33.5 Å². The summed E-state index contributed by atoms with van der Waals surface area (Å²) in [6, 6.07) is 11.1. The number of alkyl halides is 2. The molecule has 3 aromatic rings. The maximum atomic E-state index is 14.5. The Hall–Kier alpha value is -3.82. The SMILES string of the molecule is COc1ccc(OP(=O)(OC[C@@]2(C(F)F)O[C@@H](n3cc(F)c(=O)[nH]c3=O)[C@H](O)[C@H]2O)Oc2ccc(OC)cc2)cc1. The number of H-pyrrole nitrogens is 1. The first-order chi connectivity index (χ1) is 19.4. The van der Waals surface area contributed by atoms with Crippen LogP contribution in [0, 0.1) is 5.82 Å². The molecule has 41 heavy (non-hydrogen) atoms. The van der Waals surface area contributed by atoms with Gasteiger partial charge in [-0.2, -0.15) is 4.39 Å². The van der Waals surface area contributed by atoms with Crippen LogP contribution in [0.4, 0.5) is 13.2 Å². The lowest BCUT2D eigenvalue weighted by Gasteiger charge is -2.31. The number of halogens is 3. The van der Waals surface area contributed by atoms with Crippen LogP contribution in [0.5, 0.6) is 23.0 Å². The Balaban J connectivity index is 1.65. The van der Waals surface area contributed by atoms with Crippen LogP contribution in [-0.4, -0.2) is 64.8 Å². The summed E-state index contributed by atoms with van der Waals surface area (Å²) < 4.78 is 88.1. The number of aromatic amines is 1. The van der Waals surface area contributed by atoms with Crippen molar-refractivity contribution in [2.24, 2.45) is 0 Å². The van der Waals surface area contributed by atoms with Crippen molar-refractivity contribution in [3.8, 4) is 23.0 Å². The van der Waals surface area contributed by atoms with E-state index in [0.29, 0.717) is 17.7 Å². The molecule has 1 aliphatic rings. The van der Waals surface area contributed by atoms with Gasteiger partial charge in [0.05, 0.1) is 27.0 Å². The van der Waals surface area contributed by atoms with Crippen LogP contribution in [0.25, 0.3) is 0 Å². The molecule has 1 aromatic heterocycles. The van der Waals surface area contributed by atoms with Gasteiger partial charge in [0, 0.05) is 0 Å². The predicted octanol–water partition coefficient (Wildman–Crippen LogP) is 2.23. The van der Waals surface area contributed by atoms with Crippen molar-refractivity contribution in [3.63, 3.8) is 0 Å². The number of nitrogens with one attached hydrogen (secondary N) is 1. The average Bonchev–Trinajstić information content (AvgIpc) is 3.21. The van der Waals surface area contributed by atoms with E-state index in [4.69, 9.17) is 27.8 Å². The molecule has 0 radical (unpaired) electrons. The number of hydrogen-bond acceptors (Lipinski definition) is 11. The molecule has 222 valence electrons. The largest absolute Gasteiger partial charge is 0.587 e. The Morgan fingerprint density at radius 3 is 1.93 bits per heavy atom. The molecule has 3 N–H and O–H groups in total. The van der Waals surface area contributed by atoms with Crippen LogP contribution in [0.1, 0.15) is 6.23 Å². The highest BCUT2D eigenvalue weighted by Crippen LogP contribution is 2.52. The highest BCUT2D eigenvalue weighted by molar-refractivity contribution is 7.49. The summed E-state index contributed by atoms with van der Waals surface area (Å²) in [5, 5.41) is 21.1. The van der Waals surface area contributed by atoms with Crippen molar-refractivity contribution < 1.29 is 55.7 Å². The minimum atomic E-state index is -4.87. The smallest absolute Gasteiger partial charge is 0.497 e. The summed E-state index contributed by atoms with van der Waals surface area (Å²) in [5.74, 6) is -0.842. The molecule has 0 amide bonds. The van der Waals surface area contributed by atoms with Crippen LogP contribution in [0.2, 0.25) is 0 Å². The second-order valence-corrected chi connectivity index (χ2v) is 10.1. The quantitative estimate of drug-likeness (QED) is 0.275. The summed E-state index contributed by atoms with van der Waals surface area (Å²) in [6.07, 6.45) is -10.1. The van der Waals surface area contributed by atoms with E-state index in [-0.39, 0.29) is 16.1 Å². The molecule has 0 aliphatic carbocycles. The van der Waals surface area contributed by atoms with Crippen molar-refractivity contribution >= 4 is 7.82 Å². The number of phosphoric acid groups is 1. The number of methoxy groups -OCH3 is 2. The Kier molecular flexibility index (Phi) is 8.80. The Morgan fingerprint density at radius 1 is 0.976 bits per heavy atom. The first-order valence-electron chi connectivity index (χ1n) is 11.7. The molecular formula is C24H24F3N2O11P. The predicted molar refractivity (Wildman–Crippen MR) is 133 cm³/mol. The molecule has 0 spiro atoms. The molecule has 0 saturated carbocycles. The van der Waals surface area contributed by atoms with Crippen LogP contribution in [0.15, 0.2) is 64.3 Å². The second-order valence-electron chi connectivity index (χ2n) is 8.60. The van der Waals surface area contributed by atoms with E-state index in [1.807, 2.05) is 0 Å². The lowest BCUT2D eigenvalue weighted by atomic mass is 9.96. The number of ether oxygens (including phenoxy) is 3. The molecule has 1 saturated heterocycles. The van der Waals surface area contributed by atoms with Gasteiger partial charge in [-0.15, -0.1) is 0 Å². The third-order valence-corrected chi connectivity index (χ3v) is 7.34. The van der Waals surface area contributed by atoms with Gasteiger partial charge in [-0.1, -0.05) is 0 Å². The second kappa shape index (κ2) is 12.0. The summed E-state index contributed by atoms with van der Waals surface area (Å²) in [5.41, 5.74) is -5.86. The lowest BCUT2D eigenvalue weighted by molar-refractivity contribution is -0.193. The highest BCUT2D eigenvalue weighted by Gasteiger charge is 2.62. The number of aliphatic hydroxyl groups excluding tert-OH is 2. The van der Waals surface area contributed by atoms with Crippen LogP contribution >= 0.6 is 7.82 Å². The zero-order valence-corrected chi connectivity index (χ0v) is 22.2. The number of rotatable bonds is 11. The fourth-order valence-corrected chi connectivity index (χ4v) is 5.09. The third-order valence-electron chi connectivity index (χ3n) is 6.03. The molecule has 13 nitrogen and oxygen atoms in total. The minimum Gasteiger partial charge on any atom is -0.497 e. The van der Waals surface area contributed by atoms with E-state index in [1.54, 1.807) is 4.98 Å². The normalized spacial score (nSPS) is 22.5. The van der Waals surface area contributed by atoms with E-state index in [0.717, 1.165) is 0 Å². The van der Waals surface area contributed by atoms with E-state index in [1.165, 1.54) is 62.8 Å². The molecule has 4 atom stereocenters. The highest BCUT2D eigenvalue weighted by atomic mass is 31.2. The van der Waals surface area contributed by atoms with Gasteiger partial charge in [0.1, 0.15) is 35.2 Å². The molecule has 17 heteroatoms. The van der Waals surface area contributed by atoms with E-state index >= 15 is 0 Å². The molecule has 4 rings (SSSR count). The summed E-state index contributed by atoms with van der Waals surface area (Å²) >= 11 is 0. The fourth-order valence-electron chi connectivity index (χ4n) is 3.83. The summed E-state index contributed by atoms with van der Waals surface area (Å²) in [4.78, 5) is 25.1. The van der Waals surface area contributed by atoms with Crippen LogP contribution in [-0.2, 0) is 13.8 Å². The Labute approximate surface area is 229 Å². The molecule has 0 bridgehead atoms. The first-order valence-corrected chi connectivity index (χ1v) is 13.1. The molecule has 0 unspecified atom stereocenters. The number of aromatic nitrogens is 2. The van der Waals surface area contributed by atoms with Crippen LogP contribution in [0.3, 0.4) is 0 Å². The Morgan fingerprint density at radius 2 is 1.46 bits per heavy atom. The van der Waals surface area contributed by atoms with Gasteiger partial charge in [-0.3, -0.25) is 18.9 Å². The van der Waals surface area contributed by atoms with E-state index in [2.05, 4.69) is 0 Å². The first kappa shape index (κ1) is 30.1. The summed E-state index contributed by atoms with van der Waals surface area (Å²) in [7, 11) is -2.06. The standard InChI is InChI=1S/C24H24F3N2O11P/c1-35-13-3-7-15(8-4-13)39-41(34,40-16-9-5-14(36-2)6-10-16)37-12-24(22(26)27)19(31)18(30)21(38-24)29-11-17(25)20(32)28-23(29)33/h3-11,18-19,21-22,30-31H,12H2,1-2H3,(H,28,32,33)/t18-,19-,21-,24-/m1/s1. The van der Waals surface area contributed by atoms with Crippen LogP contribution < -0.4 is 29.8 Å². The third kappa shape index (κ3) is 6.26. The average molecular weight is 604 g/mol. The van der Waals surface area contributed by atoms with E-state index < -0.39 is 62.0 Å². The molecule has 2 aromatic carbocycles. The fraction of sp³-hybridized carbons (Fsp3) is 0.333. The number of benzene rings is 2. The van der Waals surface area contributed by atoms with Gasteiger partial charge in [0.25, 0.3) is 12.0 Å². The number of phosphoric ester groups is 1. The monoisotopic (exact) mass is 604 g/mol. The maximum absolute atomic E-state index is 14.5. The van der Waals surface area contributed by atoms with Gasteiger partial charge in [0.15, 0.2) is 11.8 Å². The molecule has 1 aliphatic heterocycles. The zero-order valence-electron chi connectivity index (χ0n) is 21.3. The van der Waals surface area contributed by atoms with Crippen molar-refractivity contribution in [2.45, 2.75) is 30.5 Å². The Bertz CT molecular complexity index is 1460. The minimum absolute atomic E-state index is 0.0881. The molecule has 2 heterocycles. The van der Waals surface area contributed by atoms with Crippen molar-refractivity contribution in [3.05, 3.63) is 81.4 Å².